The second kappa shape index (κ2) is 17.9. The summed E-state index contributed by atoms with van der Waals surface area (Å²) in [7, 11) is 0. The topological polar surface area (TPSA) is 9.23 Å². The fourth-order valence-corrected chi connectivity index (χ4v) is 8.56. The van der Waals surface area contributed by atoms with Crippen molar-refractivity contribution >= 4 is 0 Å². The third kappa shape index (κ3) is 10.5. The molecule has 0 radical (unpaired) electrons. The Labute approximate surface area is 252 Å². The van der Waals surface area contributed by atoms with Gasteiger partial charge < -0.3 is 4.74 Å². The van der Waals surface area contributed by atoms with Gasteiger partial charge in [0.2, 0.25) is 5.82 Å². The first-order valence-corrected chi connectivity index (χ1v) is 18.2. The van der Waals surface area contributed by atoms with E-state index in [1.165, 1.54) is 122 Å². The quantitative estimate of drug-likeness (QED) is 0.179. The molecule has 41 heavy (non-hydrogen) atoms. The van der Waals surface area contributed by atoms with Gasteiger partial charge in [-0.3, -0.25) is 0 Å². The maximum atomic E-state index is 15.0. The van der Waals surface area contributed by atoms with Crippen molar-refractivity contribution in [2.24, 2.45) is 35.5 Å². The van der Waals surface area contributed by atoms with Gasteiger partial charge in [-0.2, -0.15) is 4.39 Å². The highest BCUT2D eigenvalue weighted by Gasteiger charge is 2.31. The summed E-state index contributed by atoms with van der Waals surface area (Å²) < 4.78 is 35.8. The van der Waals surface area contributed by atoms with E-state index in [1.807, 2.05) is 0 Å². The molecule has 1 aromatic rings. The Morgan fingerprint density at radius 2 is 1.07 bits per heavy atom. The van der Waals surface area contributed by atoms with E-state index in [2.05, 4.69) is 13.8 Å². The van der Waals surface area contributed by atoms with Gasteiger partial charge in [-0.05, 0) is 98.5 Å². The Kier molecular flexibility index (Phi) is 14.3. The normalized spacial score (nSPS) is 29.0. The van der Waals surface area contributed by atoms with Gasteiger partial charge in [0, 0.05) is 0 Å². The lowest BCUT2D eigenvalue weighted by atomic mass is 9.68. The van der Waals surface area contributed by atoms with Gasteiger partial charge in [-0.25, -0.2) is 4.39 Å². The summed E-state index contributed by atoms with van der Waals surface area (Å²) in [5.74, 6) is 3.49. The van der Waals surface area contributed by atoms with Crippen molar-refractivity contribution in [1.29, 1.82) is 0 Å². The zero-order chi connectivity index (χ0) is 28.9. The fourth-order valence-electron chi connectivity index (χ4n) is 8.56. The van der Waals surface area contributed by atoms with Crippen LogP contribution in [0.4, 0.5) is 8.78 Å². The summed E-state index contributed by atoms with van der Waals surface area (Å²) in [6.45, 7) is 5.09. The molecule has 1 aromatic carbocycles. The minimum atomic E-state index is -0.776. The van der Waals surface area contributed by atoms with Gasteiger partial charge in [-0.15, -0.1) is 0 Å². The van der Waals surface area contributed by atoms with Crippen LogP contribution in [0.1, 0.15) is 161 Å². The van der Waals surface area contributed by atoms with Crippen LogP contribution in [0.2, 0.25) is 0 Å². The molecular weight excluding hydrogens is 510 g/mol. The van der Waals surface area contributed by atoms with Gasteiger partial charge in [0.1, 0.15) is 0 Å². The van der Waals surface area contributed by atoms with Crippen LogP contribution >= 0.6 is 0 Å². The summed E-state index contributed by atoms with van der Waals surface area (Å²) in [6, 6.07) is 3.47. The van der Waals surface area contributed by atoms with Crippen LogP contribution in [0.3, 0.4) is 0 Å². The molecule has 3 heteroatoms. The first kappa shape index (κ1) is 32.8. The smallest absolute Gasteiger partial charge is 0.200 e. The van der Waals surface area contributed by atoms with Crippen molar-refractivity contribution in [1.82, 2.24) is 0 Å². The molecule has 0 aromatic heterocycles. The largest absolute Gasteiger partial charge is 0.490 e. The highest BCUT2D eigenvalue weighted by Crippen LogP contribution is 2.43. The third-order valence-electron chi connectivity index (χ3n) is 11.5. The first-order valence-electron chi connectivity index (χ1n) is 18.2. The number of aryl methyl sites for hydroxylation is 1. The molecule has 0 saturated heterocycles. The highest BCUT2D eigenvalue weighted by molar-refractivity contribution is 5.31. The standard InChI is InChI=1S/C38H62F2O/c1-3-5-7-8-9-11-30-12-14-32(15-13-30)28-41-36-27-26-35(37(39)38(36)40)25-20-31-18-23-34(24-19-31)33-21-16-29(17-22-33)10-6-4-2/h26-27,29-34H,3-25,28H2,1-2H3/t29-,30-,31-,32-,33-,34-. The van der Waals surface area contributed by atoms with E-state index in [0.717, 1.165) is 42.9 Å². The zero-order valence-electron chi connectivity index (χ0n) is 26.8. The summed E-state index contributed by atoms with van der Waals surface area (Å²) in [4.78, 5) is 0. The van der Waals surface area contributed by atoms with E-state index in [9.17, 15) is 8.78 Å². The van der Waals surface area contributed by atoms with Gasteiger partial charge in [0.05, 0.1) is 6.61 Å². The molecule has 3 saturated carbocycles. The van der Waals surface area contributed by atoms with Crippen molar-refractivity contribution in [3.05, 3.63) is 29.3 Å². The van der Waals surface area contributed by atoms with E-state index in [-0.39, 0.29) is 5.75 Å². The lowest BCUT2D eigenvalue weighted by molar-refractivity contribution is 0.140. The zero-order valence-corrected chi connectivity index (χ0v) is 26.8. The number of halogens is 2. The molecule has 4 rings (SSSR count). The molecule has 1 nitrogen and oxygen atoms in total. The Bertz CT molecular complexity index is 844. The van der Waals surface area contributed by atoms with Crippen molar-refractivity contribution in [3.63, 3.8) is 0 Å². The second-order valence-corrected chi connectivity index (χ2v) is 14.5. The predicted octanol–water partition coefficient (Wildman–Crippen LogP) is 12.2. The number of ether oxygens (including phenoxy) is 1. The van der Waals surface area contributed by atoms with E-state index in [1.54, 1.807) is 12.1 Å². The predicted molar refractivity (Wildman–Crippen MR) is 169 cm³/mol. The number of hydrogen-bond donors (Lipinski definition) is 0. The Balaban J connectivity index is 1.11. The van der Waals surface area contributed by atoms with Gasteiger partial charge in [0.15, 0.2) is 11.6 Å². The first-order chi connectivity index (χ1) is 20.1. The number of unbranched alkanes of at least 4 members (excludes halogenated alkanes) is 5. The minimum absolute atomic E-state index is 0.106. The molecule has 0 aliphatic heterocycles. The van der Waals surface area contributed by atoms with Gasteiger partial charge >= 0.3 is 0 Å². The summed E-state index contributed by atoms with van der Waals surface area (Å²) in [5, 5.41) is 0. The van der Waals surface area contributed by atoms with Crippen LogP contribution in [0, 0.1) is 47.1 Å². The molecule has 3 aliphatic carbocycles. The number of hydrogen-bond acceptors (Lipinski definition) is 1. The van der Waals surface area contributed by atoms with Crippen molar-refractivity contribution in [2.45, 2.75) is 162 Å². The van der Waals surface area contributed by atoms with Crippen LogP contribution in [-0.2, 0) is 6.42 Å². The average molecular weight is 573 g/mol. The van der Waals surface area contributed by atoms with E-state index < -0.39 is 11.6 Å². The van der Waals surface area contributed by atoms with Crippen LogP contribution in [0.5, 0.6) is 5.75 Å². The van der Waals surface area contributed by atoms with Gasteiger partial charge in [-0.1, -0.05) is 116 Å². The Hall–Kier alpha value is -1.12. The Morgan fingerprint density at radius 3 is 1.68 bits per heavy atom. The maximum Gasteiger partial charge on any atom is 0.200 e. The minimum Gasteiger partial charge on any atom is -0.490 e. The van der Waals surface area contributed by atoms with Crippen molar-refractivity contribution in [3.8, 4) is 5.75 Å². The monoisotopic (exact) mass is 572 g/mol. The van der Waals surface area contributed by atoms with Gasteiger partial charge in [0.25, 0.3) is 0 Å². The van der Waals surface area contributed by atoms with Crippen molar-refractivity contribution in [2.75, 3.05) is 6.61 Å². The molecule has 0 N–H and O–H groups in total. The molecule has 3 aliphatic rings. The molecular formula is C38H62F2O. The maximum absolute atomic E-state index is 15.0. The molecule has 0 heterocycles. The SMILES string of the molecule is CCCCCCC[C@H]1CC[C@H](COc2ccc(CC[C@H]3CC[C@H]([C@H]4CC[C@H](CCCC)CC4)CC3)c(F)c2F)CC1. The van der Waals surface area contributed by atoms with Crippen molar-refractivity contribution < 1.29 is 13.5 Å². The molecule has 0 unspecified atom stereocenters. The summed E-state index contributed by atoms with van der Waals surface area (Å²) >= 11 is 0. The van der Waals surface area contributed by atoms with Crippen LogP contribution in [-0.4, -0.2) is 6.61 Å². The Morgan fingerprint density at radius 1 is 0.561 bits per heavy atom. The second-order valence-electron chi connectivity index (χ2n) is 14.5. The summed E-state index contributed by atoms with van der Waals surface area (Å²) in [5.41, 5.74) is 0.529. The molecule has 0 bridgehead atoms. The molecule has 3 fully saturated rings. The number of rotatable bonds is 16. The molecule has 234 valence electrons. The van der Waals surface area contributed by atoms with Crippen LogP contribution in [0.15, 0.2) is 12.1 Å². The molecule has 0 spiro atoms. The average Bonchev–Trinajstić information content (AvgIpc) is 3.01. The number of benzene rings is 1. The summed E-state index contributed by atoms with van der Waals surface area (Å²) in [6.07, 6.45) is 29.8. The fraction of sp³-hybridized carbons (Fsp3) is 0.842. The lowest BCUT2D eigenvalue weighted by Crippen LogP contribution is -2.26. The van der Waals surface area contributed by atoms with Crippen LogP contribution < -0.4 is 4.74 Å². The third-order valence-corrected chi connectivity index (χ3v) is 11.5. The van der Waals surface area contributed by atoms with Crippen LogP contribution in [0.25, 0.3) is 0 Å². The van der Waals surface area contributed by atoms with E-state index >= 15 is 0 Å². The van der Waals surface area contributed by atoms with E-state index in [4.69, 9.17) is 4.74 Å². The van der Waals surface area contributed by atoms with E-state index in [0.29, 0.717) is 30.4 Å². The molecule has 0 atom stereocenters. The lowest BCUT2D eigenvalue weighted by Gasteiger charge is -2.38. The highest BCUT2D eigenvalue weighted by atomic mass is 19.2. The molecule has 0 amide bonds.